The van der Waals surface area contributed by atoms with Gasteiger partial charge in [-0.15, -0.1) is 4.57 Å². The Morgan fingerprint density at radius 3 is 2.58 bits per heavy atom. The van der Waals surface area contributed by atoms with Gasteiger partial charge < -0.3 is 0 Å². The highest BCUT2D eigenvalue weighted by molar-refractivity contribution is 5.80. The predicted octanol–water partition coefficient (Wildman–Crippen LogP) is 1.46. The minimum absolute atomic E-state index is 1.08. The third-order valence-electron chi connectivity index (χ3n) is 1.80. The van der Waals surface area contributed by atoms with E-state index < -0.39 is 0 Å². The highest BCUT2D eigenvalue weighted by atomic mass is 14.9. The van der Waals surface area contributed by atoms with Crippen molar-refractivity contribution < 1.29 is 4.57 Å². The number of fused-ring (bicyclic) bond motifs is 1. The molecule has 0 fully saturated rings. The van der Waals surface area contributed by atoms with Gasteiger partial charge in [-0.05, 0) is 11.5 Å². The SMILES string of the molecule is N#C[n+]1ccc2ccccc2c1. The van der Waals surface area contributed by atoms with Crippen LogP contribution in [-0.2, 0) is 0 Å². The van der Waals surface area contributed by atoms with Crippen LogP contribution in [0.4, 0.5) is 0 Å². The molecule has 0 N–H and O–H groups in total. The summed E-state index contributed by atoms with van der Waals surface area (Å²) in [5, 5.41) is 10.9. The van der Waals surface area contributed by atoms with Crippen LogP contribution < -0.4 is 4.57 Å². The summed E-state index contributed by atoms with van der Waals surface area (Å²) in [5.74, 6) is 0. The van der Waals surface area contributed by atoms with Crippen LogP contribution in [0.1, 0.15) is 0 Å². The van der Waals surface area contributed by atoms with Gasteiger partial charge in [-0.3, -0.25) is 0 Å². The van der Waals surface area contributed by atoms with Crippen LogP contribution >= 0.6 is 0 Å². The fourth-order valence-corrected chi connectivity index (χ4v) is 1.20. The van der Waals surface area contributed by atoms with Gasteiger partial charge >= 0.3 is 6.19 Å². The van der Waals surface area contributed by atoms with Gasteiger partial charge in [0.15, 0.2) is 5.26 Å². The second-order valence-corrected chi connectivity index (χ2v) is 2.58. The van der Waals surface area contributed by atoms with Crippen molar-refractivity contribution in [1.29, 1.82) is 5.26 Å². The molecule has 0 radical (unpaired) electrons. The Labute approximate surface area is 70.3 Å². The molecular formula is C10H7N2+. The molecule has 2 heteroatoms. The standard InChI is InChI=1S/C10H7N2/c11-8-12-6-5-9-3-1-2-4-10(9)7-12/h1-7H/q+1. The molecule has 0 bridgehead atoms. The molecule has 12 heavy (non-hydrogen) atoms. The van der Waals surface area contributed by atoms with Gasteiger partial charge in [0.05, 0.1) is 0 Å². The van der Waals surface area contributed by atoms with Crippen molar-refractivity contribution in [3.05, 3.63) is 42.7 Å². The monoisotopic (exact) mass is 155 g/mol. The van der Waals surface area contributed by atoms with Crippen molar-refractivity contribution >= 4 is 10.8 Å². The number of pyridine rings is 1. The molecule has 2 rings (SSSR count). The molecule has 1 heterocycles. The molecule has 0 unspecified atom stereocenters. The third kappa shape index (κ3) is 1.02. The van der Waals surface area contributed by atoms with Crippen LogP contribution in [0.3, 0.4) is 0 Å². The van der Waals surface area contributed by atoms with Crippen LogP contribution in [0, 0.1) is 11.5 Å². The van der Waals surface area contributed by atoms with E-state index in [0.29, 0.717) is 0 Å². The van der Waals surface area contributed by atoms with Gasteiger partial charge in [-0.1, -0.05) is 24.3 Å². The number of rotatable bonds is 0. The lowest BCUT2D eigenvalue weighted by atomic mass is 10.2. The fourth-order valence-electron chi connectivity index (χ4n) is 1.20. The first-order chi connectivity index (χ1) is 5.90. The summed E-state index contributed by atoms with van der Waals surface area (Å²) in [6, 6.07) is 9.89. The van der Waals surface area contributed by atoms with E-state index >= 15 is 0 Å². The third-order valence-corrected chi connectivity index (χ3v) is 1.80. The Hall–Kier alpha value is -1.88. The molecule has 0 aliphatic heterocycles. The highest BCUT2D eigenvalue weighted by Gasteiger charge is 1.96. The maximum absolute atomic E-state index is 8.61. The molecule has 2 aromatic rings. The molecular weight excluding hydrogens is 148 g/mol. The van der Waals surface area contributed by atoms with E-state index in [9.17, 15) is 0 Å². The largest absolute Gasteiger partial charge is 0.463 e. The van der Waals surface area contributed by atoms with E-state index in [1.165, 1.54) is 4.57 Å². The fraction of sp³-hybridized carbons (Fsp3) is 0. The van der Waals surface area contributed by atoms with Crippen molar-refractivity contribution in [3.63, 3.8) is 0 Å². The van der Waals surface area contributed by atoms with Gasteiger partial charge in [0, 0.05) is 5.39 Å². The number of hydrogen-bond acceptors (Lipinski definition) is 1. The Morgan fingerprint density at radius 2 is 1.83 bits per heavy atom. The molecule has 0 spiro atoms. The average molecular weight is 155 g/mol. The van der Waals surface area contributed by atoms with E-state index in [0.717, 1.165) is 10.8 Å². The minimum atomic E-state index is 1.08. The molecule has 56 valence electrons. The van der Waals surface area contributed by atoms with Gasteiger partial charge in [-0.2, -0.15) is 0 Å². The summed E-state index contributed by atoms with van der Waals surface area (Å²) in [7, 11) is 0. The zero-order valence-corrected chi connectivity index (χ0v) is 6.44. The van der Waals surface area contributed by atoms with Gasteiger partial charge in [0.25, 0.3) is 0 Å². The van der Waals surface area contributed by atoms with E-state index in [2.05, 4.69) is 0 Å². The van der Waals surface area contributed by atoms with Gasteiger partial charge in [0.1, 0.15) is 12.4 Å². The van der Waals surface area contributed by atoms with Crippen LogP contribution in [0.5, 0.6) is 0 Å². The van der Waals surface area contributed by atoms with Gasteiger partial charge in [0.2, 0.25) is 0 Å². The summed E-state index contributed by atoms with van der Waals surface area (Å²) in [5.41, 5.74) is 0. The van der Waals surface area contributed by atoms with Crippen molar-refractivity contribution in [2.75, 3.05) is 0 Å². The normalized spacial score (nSPS) is 9.58. The lowest BCUT2D eigenvalue weighted by Crippen LogP contribution is -2.25. The molecule has 0 aliphatic carbocycles. The lowest BCUT2D eigenvalue weighted by Gasteiger charge is -1.92. The van der Waals surface area contributed by atoms with Crippen molar-refractivity contribution in [2.45, 2.75) is 0 Å². The Balaban J connectivity index is 2.78. The van der Waals surface area contributed by atoms with Crippen LogP contribution in [-0.4, -0.2) is 0 Å². The van der Waals surface area contributed by atoms with E-state index in [1.54, 1.807) is 6.20 Å². The number of benzene rings is 1. The molecule has 0 saturated carbocycles. The summed E-state index contributed by atoms with van der Waals surface area (Å²) >= 11 is 0. The predicted molar refractivity (Wildman–Crippen MR) is 45.2 cm³/mol. The van der Waals surface area contributed by atoms with Gasteiger partial charge in [-0.25, -0.2) is 0 Å². The number of nitrogens with zero attached hydrogens (tertiary/aromatic N) is 2. The molecule has 2 nitrogen and oxygen atoms in total. The van der Waals surface area contributed by atoms with Crippen LogP contribution in [0.15, 0.2) is 42.7 Å². The second-order valence-electron chi connectivity index (χ2n) is 2.58. The quantitative estimate of drug-likeness (QED) is 0.529. The summed E-state index contributed by atoms with van der Waals surface area (Å²) in [6.45, 7) is 0. The van der Waals surface area contributed by atoms with Crippen molar-refractivity contribution in [1.82, 2.24) is 0 Å². The summed E-state index contributed by atoms with van der Waals surface area (Å²) < 4.78 is 1.49. The van der Waals surface area contributed by atoms with Crippen LogP contribution in [0.25, 0.3) is 10.8 Å². The molecule has 0 aliphatic rings. The first-order valence-electron chi connectivity index (χ1n) is 3.70. The number of aromatic nitrogens is 1. The van der Waals surface area contributed by atoms with E-state index in [-0.39, 0.29) is 0 Å². The lowest BCUT2D eigenvalue weighted by molar-refractivity contribution is -0.584. The summed E-state index contributed by atoms with van der Waals surface area (Å²) in [4.78, 5) is 0. The summed E-state index contributed by atoms with van der Waals surface area (Å²) in [6.07, 6.45) is 5.60. The molecule has 1 aromatic carbocycles. The topological polar surface area (TPSA) is 27.7 Å². The molecule has 0 saturated heterocycles. The Morgan fingerprint density at radius 1 is 1.08 bits per heavy atom. The number of hydrogen-bond donors (Lipinski definition) is 0. The first kappa shape index (κ1) is 6.81. The molecule has 1 aromatic heterocycles. The average Bonchev–Trinajstić information content (AvgIpc) is 2.17. The zero-order chi connectivity index (χ0) is 8.39. The molecule has 0 atom stereocenters. The van der Waals surface area contributed by atoms with E-state index in [4.69, 9.17) is 5.26 Å². The van der Waals surface area contributed by atoms with Crippen LogP contribution in [0.2, 0.25) is 0 Å². The van der Waals surface area contributed by atoms with E-state index in [1.807, 2.05) is 42.7 Å². The first-order valence-corrected chi connectivity index (χ1v) is 3.70. The zero-order valence-electron chi connectivity index (χ0n) is 6.44. The van der Waals surface area contributed by atoms with Crippen molar-refractivity contribution in [2.24, 2.45) is 0 Å². The smallest absolute Gasteiger partial charge is 0.148 e. The second kappa shape index (κ2) is 2.63. The maximum Gasteiger partial charge on any atom is 0.463 e. The molecule has 0 amide bonds. The minimum Gasteiger partial charge on any atom is -0.148 e. The Kier molecular flexibility index (Phi) is 1.49. The van der Waals surface area contributed by atoms with Crippen molar-refractivity contribution in [3.8, 4) is 6.19 Å². The Bertz CT molecular complexity index is 455. The maximum atomic E-state index is 8.61. The highest BCUT2D eigenvalue weighted by Crippen LogP contribution is 2.08. The number of nitriles is 1.